The summed E-state index contributed by atoms with van der Waals surface area (Å²) >= 11 is 0. The fraction of sp³-hybridized carbons (Fsp3) is 0.652. The molecule has 1 aromatic rings. The Labute approximate surface area is 192 Å². The molecule has 10 nitrogen and oxygen atoms in total. The summed E-state index contributed by atoms with van der Waals surface area (Å²) in [5.74, 6) is -0.455. The Morgan fingerprint density at radius 3 is 2.64 bits per heavy atom. The molecule has 3 aliphatic rings. The van der Waals surface area contributed by atoms with E-state index in [0.717, 1.165) is 19.3 Å². The summed E-state index contributed by atoms with van der Waals surface area (Å²) in [6.07, 6.45) is 1.14. The number of nitrogens with zero attached hydrogens (tertiary/aromatic N) is 2. The first-order chi connectivity index (χ1) is 15.6. The van der Waals surface area contributed by atoms with Gasteiger partial charge in [-0.15, -0.1) is 0 Å². The molecule has 2 saturated heterocycles. The van der Waals surface area contributed by atoms with Crippen LogP contribution in [0.5, 0.6) is 0 Å². The van der Waals surface area contributed by atoms with Gasteiger partial charge < -0.3 is 23.8 Å². The van der Waals surface area contributed by atoms with Gasteiger partial charge in [-0.05, 0) is 51.3 Å². The van der Waals surface area contributed by atoms with Crippen LogP contribution in [0.25, 0.3) is 0 Å². The molecule has 6 atom stereocenters. The van der Waals surface area contributed by atoms with Crippen LogP contribution in [0, 0.1) is 22.0 Å². The molecule has 0 N–H and O–H groups in total. The van der Waals surface area contributed by atoms with Gasteiger partial charge in [-0.2, -0.15) is 0 Å². The van der Waals surface area contributed by atoms with Crippen molar-refractivity contribution in [1.82, 2.24) is 4.90 Å². The number of non-ortho nitro benzene ring substituents is 1. The van der Waals surface area contributed by atoms with Crippen LogP contribution >= 0.6 is 0 Å². The monoisotopic (exact) mass is 462 g/mol. The van der Waals surface area contributed by atoms with E-state index in [-0.39, 0.29) is 42.4 Å². The van der Waals surface area contributed by atoms with Crippen LogP contribution in [0.4, 0.5) is 10.5 Å². The fourth-order valence-corrected chi connectivity index (χ4v) is 5.54. The van der Waals surface area contributed by atoms with Gasteiger partial charge in [0.05, 0.1) is 29.1 Å². The van der Waals surface area contributed by atoms with E-state index in [1.54, 1.807) is 18.9 Å². The van der Waals surface area contributed by atoms with Crippen molar-refractivity contribution in [2.45, 2.75) is 76.7 Å². The molecule has 1 saturated carbocycles. The lowest BCUT2D eigenvalue weighted by molar-refractivity contribution is -0.384. The number of ether oxygens (including phenoxy) is 4. The van der Waals surface area contributed by atoms with Gasteiger partial charge in [-0.25, -0.2) is 4.79 Å². The number of hydrogen-bond donors (Lipinski definition) is 0. The number of benzene rings is 1. The number of rotatable bonds is 6. The Morgan fingerprint density at radius 1 is 1.30 bits per heavy atom. The first-order valence-corrected chi connectivity index (χ1v) is 11.2. The summed E-state index contributed by atoms with van der Waals surface area (Å²) < 4.78 is 22.6. The lowest BCUT2D eigenvalue weighted by Gasteiger charge is -2.64. The van der Waals surface area contributed by atoms with Crippen molar-refractivity contribution >= 4 is 17.7 Å². The second-order valence-electron chi connectivity index (χ2n) is 9.41. The summed E-state index contributed by atoms with van der Waals surface area (Å²) in [6.45, 7) is 5.39. The maximum absolute atomic E-state index is 13.1. The molecule has 1 aliphatic carbocycles. The lowest BCUT2D eigenvalue weighted by atomic mass is 9.66. The van der Waals surface area contributed by atoms with Gasteiger partial charge >= 0.3 is 6.16 Å². The molecule has 2 heterocycles. The second kappa shape index (κ2) is 8.90. The quantitative estimate of drug-likeness (QED) is 0.273. The van der Waals surface area contributed by atoms with E-state index in [4.69, 9.17) is 18.9 Å². The highest BCUT2D eigenvalue weighted by atomic mass is 16.7. The van der Waals surface area contributed by atoms with E-state index in [1.165, 1.54) is 24.3 Å². The Bertz CT molecular complexity index is 918. The number of amides is 1. The minimum absolute atomic E-state index is 0.0237. The molecule has 33 heavy (non-hydrogen) atoms. The summed E-state index contributed by atoms with van der Waals surface area (Å²) in [5, 5.41) is 10.7. The van der Waals surface area contributed by atoms with E-state index < -0.39 is 28.8 Å². The van der Waals surface area contributed by atoms with E-state index in [1.807, 2.05) is 13.8 Å². The molecule has 0 radical (unpaired) electrons. The van der Waals surface area contributed by atoms with Crippen molar-refractivity contribution in [2.24, 2.45) is 11.8 Å². The molecular formula is C23H30N2O8. The zero-order valence-corrected chi connectivity index (χ0v) is 19.3. The van der Waals surface area contributed by atoms with Crippen LogP contribution < -0.4 is 0 Å². The predicted molar refractivity (Wildman–Crippen MR) is 115 cm³/mol. The van der Waals surface area contributed by atoms with Gasteiger partial charge in [0.1, 0.15) is 18.4 Å². The third-order valence-corrected chi connectivity index (χ3v) is 7.04. The fourth-order valence-electron chi connectivity index (χ4n) is 5.54. The number of carbonyl (C=O) groups excluding carboxylic acids is 2. The number of β-lactam (4-membered cyclic amide) rings is 1. The third-order valence-electron chi connectivity index (χ3n) is 7.04. The van der Waals surface area contributed by atoms with E-state index >= 15 is 0 Å². The molecule has 10 heteroatoms. The molecule has 180 valence electrons. The number of fused-ring (bicyclic) bond motifs is 3. The van der Waals surface area contributed by atoms with Crippen LogP contribution in [0.15, 0.2) is 24.3 Å². The maximum Gasteiger partial charge on any atom is 0.508 e. The number of carbonyl (C=O) groups is 2. The highest BCUT2D eigenvalue weighted by Crippen LogP contribution is 2.51. The normalized spacial score (nSPS) is 31.0. The zero-order chi connectivity index (χ0) is 23.9. The summed E-state index contributed by atoms with van der Waals surface area (Å²) in [5.41, 5.74) is -0.207. The van der Waals surface area contributed by atoms with E-state index in [0.29, 0.717) is 5.56 Å². The van der Waals surface area contributed by atoms with Crippen LogP contribution in [-0.4, -0.2) is 59.1 Å². The second-order valence-corrected chi connectivity index (χ2v) is 9.41. The van der Waals surface area contributed by atoms with Crippen molar-refractivity contribution in [1.29, 1.82) is 0 Å². The minimum atomic E-state index is -0.881. The van der Waals surface area contributed by atoms with Gasteiger partial charge in [0.15, 0.2) is 0 Å². The Morgan fingerprint density at radius 2 is 2.00 bits per heavy atom. The van der Waals surface area contributed by atoms with Crippen LogP contribution in [-0.2, 0) is 30.3 Å². The molecule has 1 aromatic carbocycles. The molecule has 1 unspecified atom stereocenters. The van der Waals surface area contributed by atoms with E-state index in [2.05, 4.69) is 0 Å². The SMILES string of the molecule is CO[C@@H]1CCC[C@H]2C1OC(C)(C)N1C(=O)[C@H]([C@@H](C)OC(=O)OCc3ccc([N+](=O)[O-])cc3)[C@@H]21. The molecular weight excluding hydrogens is 432 g/mol. The molecule has 3 fully saturated rings. The van der Waals surface area contributed by atoms with Crippen molar-refractivity contribution in [2.75, 3.05) is 7.11 Å². The van der Waals surface area contributed by atoms with Gasteiger partial charge in [-0.1, -0.05) is 6.42 Å². The van der Waals surface area contributed by atoms with Gasteiger partial charge in [0, 0.05) is 25.2 Å². The number of methoxy groups -OCH3 is 1. The maximum atomic E-state index is 13.1. The Kier molecular flexibility index (Phi) is 6.32. The predicted octanol–water partition coefficient (Wildman–Crippen LogP) is 3.41. The standard InChI is InChI=1S/C23H30N2O8/c1-13(32-22(27)31-12-14-8-10-15(11-9-14)25(28)29)18-19-16-6-5-7-17(30-4)20(16)33-23(2,3)24(19)21(18)26/h8-11,13,16-20H,5-7,12H2,1-4H3/t13-,16-,17-,18-,19-,20?/m1/s1. The molecule has 0 aromatic heterocycles. The Hall–Kier alpha value is -2.72. The smallest absolute Gasteiger partial charge is 0.430 e. The first kappa shape index (κ1) is 23.4. The van der Waals surface area contributed by atoms with Crippen molar-refractivity contribution in [3.63, 3.8) is 0 Å². The van der Waals surface area contributed by atoms with Crippen LogP contribution in [0.3, 0.4) is 0 Å². The number of hydrogen-bond acceptors (Lipinski definition) is 8. The van der Waals surface area contributed by atoms with Gasteiger partial charge in [-0.3, -0.25) is 14.9 Å². The summed E-state index contributed by atoms with van der Waals surface area (Å²) in [7, 11) is 1.69. The lowest BCUT2D eigenvalue weighted by Crippen LogP contribution is -2.79. The topological polar surface area (TPSA) is 117 Å². The summed E-state index contributed by atoms with van der Waals surface area (Å²) in [6, 6.07) is 5.62. The molecule has 1 amide bonds. The number of nitro benzene ring substituents is 1. The van der Waals surface area contributed by atoms with Gasteiger partial charge in [0.2, 0.25) is 5.91 Å². The average Bonchev–Trinajstić information content (AvgIpc) is 2.75. The summed E-state index contributed by atoms with van der Waals surface area (Å²) in [4.78, 5) is 37.4. The van der Waals surface area contributed by atoms with Gasteiger partial charge in [0.25, 0.3) is 5.69 Å². The average molecular weight is 462 g/mol. The molecule has 0 spiro atoms. The molecule has 4 rings (SSSR count). The number of nitro groups is 1. The van der Waals surface area contributed by atoms with Crippen LogP contribution in [0.2, 0.25) is 0 Å². The highest BCUT2D eigenvalue weighted by molar-refractivity contribution is 5.88. The van der Waals surface area contributed by atoms with Crippen molar-refractivity contribution < 1.29 is 33.5 Å². The Balaban J connectivity index is 1.39. The molecule has 0 bridgehead atoms. The zero-order valence-electron chi connectivity index (χ0n) is 19.3. The largest absolute Gasteiger partial charge is 0.508 e. The molecule has 2 aliphatic heterocycles. The van der Waals surface area contributed by atoms with Crippen molar-refractivity contribution in [3.05, 3.63) is 39.9 Å². The highest BCUT2D eigenvalue weighted by Gasteiger charge is 2.65. The third kappa shape index (κ3) is 4.29. The van der Waals surface area contributed by atoms with Crippen molar-refractivity contribution in [3.8, 4) is 0 Å². The van der Waals surface area contributed by atoms with E-state index in [9.17, 15) is 19.7 Å². The van der Waals surface area contributed by atoms with Crippen LogP contribution in [0.1, 0.15) is 45.6 Å². The first-order valence-electron chi connectivity index (χ1n) is 11.2. The minimum Gasteiger partial charge on any atom is -0.430 e.